The lowest BCUT2D eigenvalue weighted by atomic mass is 10.4. The van der Waals surface area contributed by atoms with Crippen LogP contribution in [-0.2, 0) is 0 Å². The summed E-state index contributed by atoms with van der Waals surface area (Å²) < 4.78 is 0. The molecule has 0 aliphatic heterocycles. The summed E-state index contributed by atoms with van der Waals surface area (Å²) in [5, 5.41) is 12.4. The largest absolute Gasteiger partial charge is 0.507 e. The third kappa shape index (κ3) is 0.747. The molecule has 0 saturated heterocycles. The maximum atomic E-state index is 8.77. The summed E-state index contributed by atoms with van der Waals surface area (Å²) in [7, 11) is 0. The Morgan fingerprint density at radius 3 is 2.43 bits per heavy atom. The zero-order valence-electron chi connectivity index (χ0n) is 4.01. The third-order valence-corrected chi connectivity index (χ3v) is 1.68. The first-order valence-corrected chi connectivity index (χ1v) is 2.97. The monoisotopic (exact) mass is 114 g/mol. The minimum absolute atomic E-state index is 0.407. The van der Waals surface area contributed by atoms with E-state index < -0.39 is 0 Å². The molecular formula is C5H6OS. The van der Waals surface area contributed by atoms with Crippen LogP contribution in [0.1, 0.15) is 5.56 Å². The zero-order valence-corrected chi connectivity index (χ0v) is 4.83. The molecule has 1 N–H and O–H groups in total. The summed E-state index contributed by atoms with van der Waals surface area (Å²) in [5.41, 5.74) is 0.963. The van der Waals surface area contributed by atoms with Crippen LogP contribution in [0.15, 0.2) is 10.8 Å². The molecule has 0 aliphatic carbocycles. The molecule has 1 rings (SSSR count). The van der Waals surface area contributed by atoms with Crippen LogP contribution >= 0.6 is 11.3 Å². The number of rotatable bonds is 0. The van der Waals surface area contributed by atoms with Gasteiger partial charge in [0.05, 0.1) is 0 Å². The number of thiophene rings is 1. The van der Waals surface area contributed by atoms with Crippen molar-refractivity contribution in [3.05, 3.63) is 16.3 Å². The van der Waals surface area contributed by atoms with Gasteiger partial charge in [-0.25, -0.2) is 0 Å². The topological polar surface area (TPSA) is 20.2 Å². The standard InChI is InChI=1S/C5H6OS/c1-4-2-7-3-5(4)6/h2-3,6H,1H3. The van der Waals surface area contributed by atoms with Gasteiger partial charge < -0.3 is 5.11 Å². The molecule has 0 atom stereocenters. The Hall–Kier alpha value is -0.500. The predicted molar refractivity (Wildman–Crippen MR) is 30.7 cm³/mol. The highest BCUT2D eigenvalue weighted by Crippen LogP contribution is 2.19. The molecule has 0 bridgehead atoms. The van der Waals surface area contributed by atoms with E-state index in [2.05, 4.69) is 0 Å². The lowest BCUT2D eigenvalue weighted by Gasteiger charge is -1.79. The van der Waals surface area contributed by atoms with Crippen molar-refractivity contribution < 1.29 is 5.11 Å². The molecule has 0 spiro atoms. The van der Waals surface area contributed by atoms with Gasteiger partial charge in [-0.05, 0) is 12.3 Å². The summed E-state index contributed by atoms with van der Waals surface area (Å²) in [4.78, 5) is 0. The first kappa shape index (κ1) is 4.65. The Kier molecular flexibility index (Phi) is 1.02. The van der Waals surface area contributed by atoms with Crippen molar-refractivity contribution in [2.45, 2.75) is 6.92 Å². The fraction of sp³-hybridized carbons (Fsp3) is 0.200. The van der Waals surface area contributed by atoms with Crippen molar-refractivity contribution in [3.63, 3.8) is 0 Å². The molecule has 0 aliphatic rings. The molecule has 0 amide bonds. The fourth-order valence-electron chi connectivity index (χ4n) is 0.354. The number of aromatic hydroxyl groups is 1. The van der Waals surface area contributed by atoms with Crippen molar-refractivity contribution >= 4 is 11.3 Å². The lowest BCUT2D eigenvalue weighted by Crippen LogP contribution is -1.57. The van der Waals surface area contributed by atoms with Gasteiger partial charge in [-0.15, -0.1) is 11.3 Å². The third-order valence-electron chi connectivity index (χ3n) is 0.829. The highest BCUT2D eigenvalue weighted by Gasteiger charge is 1.90. The second kappa shape index (κ2) is 1.54. The Balaban J connectivity index is 3.12. The molecule has 2 heteroatoms. The Morgan fingerprint density at radius 2 is 2.29 bits per heavy atom. The van der Waals surface area contributed by atoms with Crippen LogP contribution in [0, 0.1) is 6.92 Å². The quantitative estimate of drug-likeness (QED) is 0.545. The normalized spacial score (nSPS) is 9.29. The maximum absolute atomic E-state index is 8.77. The molecule has 0 fully saturated rings. The van der Waals surface area contributed by atoms with Gasteiger partial charge in [0.1, 0.15) is 5.75 Å². The van der Waals surface area contributed by atoms with Crippen LogP contribution in [-0.4, -0.2) is 5.11 Å². The van der Waals surface area contributed by atoms with E-state index in [9.17, 15) is 0 Å². The minimum atomic E-state index is 0.407. The van der Waals surface area contributed by atoms with Gasteiger partial charge in [0.2, 0.25) is 0 Å². The first-order chi connectivity index (χ1) is 3.30. The average Bonchev–Trinajstić information content (AvgIpc) is 1.91. The van der Waals surface area contributed by atoms with E-state index in [0.29, 0.717) is 5.75 Å². The van der Waals surface area contributed by atoms with Gasteiger partial charge in [-0.3, -0.25) is 0 Å². The fourth-order valence-corrected chi connectivity index (χ4v) is 1.06. The van der Waals surface area contributed by atoms with Crippen molar-refractivity contribution in [1.29, 1.82) is 0 Å². The minimum Gasteiger partial charge on any atom is -0.507 e. The Bertz CT molecular complexity index is 140. The van der Waals surface area contributed by atoms with Gasteiger partial charge in [0.25, 0.3) is 0 Å². The van der Waals surface area contributed by atoms with E-state index in [1.54, 1.807) is 5.38 Å². The van der Waals surface area contributed by atoms with Gasteiger partial charge in [-0.2, -0.15) is 0 Å². The van der Waals surface area contributed by atoms with E-state index in [1.165, 1.54) is 11.3 Å². The van der Waals surface area contributed by atoms with Crippen LogP contribution in [0.25, 0.3) is 0 Å². The highest BCUT2D eigenvalue weighted by atomic mass is 32.1. The second-order valence-electron chi connectivity index (χ2n) is 1.44. The van der Waals surface area contributed by atoms with Crippen LogP contribution in [0.5, 0.6) is 5.75 Å². The van der Waals surface area contributed by atoms with Gasteiger partial charge in [-0.1, -0.05) is 0 Å². The van der Waals surface area contributed by atoms with E-state index in [0.717, 1.165) is 5.56 Å². The van der Waals surface area contributed by atoms with Crippen molar-refractivity contribution in [2.24, 2.45) is 0 Å². The molecule has 38 valence electrons. The molecule has 0 saturated carbocycles. The molecule has 0 unspecified atom stereocenters. The summed E-state index contributed by atoms with van der Waals surface area (Å²) in [6.07, 6.45) is 0. The highest BCUT2D eigenvalue weighted by molar-refractivity contribution is 7.08. The van der Waals surface area contributed by atoms with Crippen LogP contribution in [0.2, 0.25) is 0 Å². The van der Waals surface area contributed by atoms with Crippen LogP contribution in [0.3, 0.4) is 0 Å². The average molecular weight is 114 g/mol. The second-order valence-corrected chi connectivity index (χ2v) is 2.18. The first-order valence-electron chi connectivity index (χ1n) is 2.02. The van der Waals surface area contributed by atoms with Crippen LogP contribution < -0.4 is 0 Å². The van der Waals surface area contributed by atoms with E-state index in [-0.39, 0.29) is 0 Å². The summed E-state index contributed by atoms with van der Waals surface area (Å²) in [6.45, 7) is 1.88. The number of hydrogen-bond donors (Lipinski definition) is 1. The summed E-state index contributed by atoms with van der Waals surface area (Å²) >= 11 is 1.52. The van der Waals surface area contributed by atoms with Crippen molar-refractivity contribution in [1.82, 2.24) is 0 Å². The zero-order chi connectivity index (χ0) is 5.28. The maximum Gasteiger partial charge on any atom is 0.129 e. The van der Waals surface area contributed by atoms with Gasteiger partial charge in [0, 0.05) is 10.9 Å². The van der Waals surface area contributed by atoms with Crippen molar-refractivity contribution in [2.75, 3.05) is 0 Å². The van der Waals surface area contributed by atoms with E-state index in [4.69, 9.17) is 5.11 Å². The molecule has 1 aromatic rings. The molecule has 1 nitrogen and oxygen atoms in total. The summed E-state index contributed by atoms with van der Waals surface area (Å²) in [6, 6.07) is 0. The van der Waals surface area contributed by atoms with E-state index in [1.807, 2.05) is 12.3 Å². The molecule has 0 aromatic carbocycles. The molecule has 1 heterocycles. The van der Waals surface area contributed by atoms with Gasteiger partial charge >= 0.3 is 0 Å². The smallest absolute Gasteiger partial charge is 0.129 e. The number of hydrogen-bond acceptors (Lipinski definition) is 2. The summed E-state index contributed by atoms with van der Waals surface area (Å²) in [5.74, 6) is 0.407. The van der Waals surface area contributed by atoms with E-state index >= 15 is 0 Å². The Labute approximate surface area is 46.2 Å². The van der Waals surface area contributed by atoms with Crippen molar-refractivity contribution in [3.8, 4) is 5.75 Å². The lowest BCUT2D eigenvalue weighted by molar-refractivity contribution is 0.474. The van der Waals surface area contributed by atoms with Gasteiger partial charge in [0.15, 0.2) is 0 Å². The van der Waals surface area contributed by atoms with Crippen LogP contribution in [0.4, 0.5) is 0 Å². The number of aryl methyl sites for hydroxylation is 1. The predicted octanol–water partition coefficient (Wildman–Crippen LogP) is 1.76. The molecule has 0 radical (unpaired) electrons. The molecule has 7 heavy (non-hydrogen) atoms. The molecular weight excluding hydrogens is 108 g/mol. The Morgan fingerprint density at radius 1 is 1.57 bits per heavy atom. The SMILES string of the molecule is Cc1cscc1O. The molecule has 1 aromatic heterocycles.